The molecule has 2 rings (SSSR count). The summed E-state index contributed by atoms with van der Waals surface area (Å²) in [6, 6.07) is 3.70. The maximum atomic E-state index is 12.5. The standard InChI is InChI=1S/C19H29N3O3/c1-4-14(3)19(24)22-10-6-7-16(13-22)18(23)21-12-15-8-9-20-17(11-15)25-5-2/h8-9,11,14,16H,4-7,10,12-13H2,1-3H3,(H,21,23). The predicted octanol–water partition coefficient (Wildman–Crippen LogP) is 2.38. The number of piperidine rings is 1. The molecule has 2 heterocycles. The summed E-state index contributed by atoms with van der Waals surface area (Å²) in [5.41, 5.74) is 0.954. The van der Waals surface area contributed by atoms with Crippen LogP contribution in [0.4, 0.5) is 0 Å². The molecule has 1 aromatic heterocycles. The van der Waals surface area contributed by atoms with Crippen LogP contribution < -0.4 is 10.1 Å². The summed E-state index contributed by atoms with van der Waals surface area (Å²) in [5.74, 6) is 0.634. The number of ether oxygens (including phenoxy) is 1. The van der Waals surface area contributed by atoms with Gasteiger partial charge in [-0.15, -0.1) is 0 Å². The van der Waals surface area contributed by atoms with E-state index in [0.717, 1.165) is 31.4 Å². The van der Waals surface area contributed by atoms with Gasteiger partial charge in [-0.2, -0.15) is 0 Å². The Morgan fingerprint density at radius 1 is 1.44 bits per heavy atom. The van der Waals surface area contributed by atoms with Crippen LogP contribution >= 0.6 is 0 Å². The van der Waals surface area contributed by atoms with Crippen molar-refractivity contribution in [3.05, 3.63) is 23.9 Å². The van der Waals surface area contributed by atoms with E-state index in [9.17, 15) is 9.59 Å². The number of pyridine rings is 1. The number of rotatable bonds is 7. The minimum Gasteiger partial charge on any atom is -0.478 e. The number of hydrogen-bond donors (Lipinski definition) is 1. The smallest absolute Gasteiger partial charge is 0.225 e. The molecular formula is C19H29N3O3. The summed E-state index contributed by atoms with van der Waals surface area (Å²) < 4.78 is 5.38. The predicted molar refractivity (Wildman–Crippen MR) is 96.0 cm³/mol. The highest BCUT2D eigenvalue weighted by atomic mass is 16.5. The summed E-state index contributed by atoms with van der Waals surface area (Å²) >= 11 is 0. The molecule has 138 valence electrons. The van der Waals surface area contributed by atoms with Crippen LogP contribution in [0.15, 0.2) is 18.3 Å². The Morgan fingerprint density at radius 2 is 2.24 bits per heavy atom. The molecular weight excluding hydrogens is 318 g/mol. The first-order valence-electron chi connectivity index (χ1n) is 9.19. The second-order valence-corrected chi connectivity index (χ2v) is 6.59. The fourth-order valence-corrected chi connectivity index (χ4v) is 3.00. The van der Waals surface area contributed by atoms with Crippen LogP contribution in [0.2, 0.25) is 0 Å². The van der Waals surface area contributed by atoms with E-state index >= 15 is 0 Å². The summed E-state index contributed by atoms with van der Waals surface area (Å²) in [4.78, 5) is 30.8. The minimum atomic E-state index is -0.130. The largest absolute Gasteiger partial charge is 0.478 e. The molecule has 1 aromatic rings. The summed E-state index contributed by atoms with van der Waals surface area (Å²) in [6.07, 6.45) is 4.22. The van der Waals surface area contributed by atoms with E-state index in [1.807, 2.05) is 37.8 Å². The Morgan fingerprint density at radius 3 is 2.96 bits per heavy atom. The van der Waals surface area contributed by atoms with Gasteiger partial charge in [0, 0.05) is 37.8 Å². The second kappa shape index (κ2) is 9.39. The Bertz CT molecular complexity index is 591. The van der Waals surface area contributed by atoms with Crippen molar-refractivity contribution < 1.29 is 14.3 Å². The van der Waals surface area contributed by atoms with Gasteiger partial charge in [0.15, 0.2) is 0 Å². The molecule has 2 amide bonds. The Labute approximate surface area is 150 Å². The first-order valence-corrected chi connectivity index (χ1v) is 9.19. The molecule has 0 spiro atoms. The molecule has 2 atom stereocenters. The van der Waals surface area contributed by atoms with Gasteiger partial charge in [-0.05, 0) is 37.8 Å². The summed E-state index contributed by atoms with van der Waals surface area (Å²) in [7, 11) is 0. The highest BCUT2D eigenvalue weighted by Crippen LogP contribution is 2.20. The number of nitrogens with one attached hydrogen (secondary N) is 1. The number of carbonyl (C=O) groups is 2. The lowest BCUT2D eigenvalue weighted by Crippen LogP contribution is -2.46. The van der Waals surface area contributed by atoms with Crippen molar-refractivity contribution in [2.75, 3.05) is 19.7 Å². The van der Waals surface area contributed by atoms with Crippen LogP contribution in [0, 0.1) is 11.8 Å². The highest BCUT2D eigenvalue weighted by molar-refractivity contribution is 5.82. The summed E-state index contributed by atoms with van der Waals surface area (Å²) in [5, 5.41) is 2.98. The van der Waals surface area contributed by atoms with Gasteiger partial charge in [-0.1, -0.05) is 13.8 Å². The average molecular weight is 347 g/mol. The molecule has 1 aliphatic heterocycles. The van der Waals surface area contributed by atoms with Crippen molar-refractivity contribution in [1.29, 1.82) is 0 Å². The van der Waals surface area contributed by atoms with Gasteiger partial charge < -0.3 is 15.0 Å². The van der Waals surface area contributed by atoms with E-state index in [2.05, 4.69) is 10.3 Å². The molecule has 0 aromatic carbocycles. The van der Waals surface area contributed by atoms with Gasteiger partial charge in [0.05, 0.1) is 12.5 Å². The minimum absolute atomic E-state index is 0.0106. The lowest BCUT2D eigenvalue weighted by Gasteiger charge is -2.33. The van der Waals surface area contributed by atoms with Crippen molar-refractivity contribution in [3.63, 3.8) is 0 Å². The molecule has 6 heteroatoms. The second-order valence-electron chi connectivity index (χ2n) is 6.59. The molecule has 1 aliphatic rings. The zero-order valence-electron chi connectivity index (χ0n) is 15.5. The van der Waals surface area contributed by atoms with Crippen LogP contribution in [-0.2, 0) is 16.1 Å². The van der Waals surface area contributed by atoms with Crippen LogP contribution in [0.1, 0.15) is 45.6 Å². The maximum absolute atomic E-state index is 12.5. The fourth-order valence-electron chi connectivity index (χ4n) is 3.00. The van der Waals surface area contributed by atoms with Gasteiger partial charge in [-0.25, -0.2) is 4.98 Å². The first kappa shape index (κ1) is 19.2. The monoisotopic (exact) mass is 347 g/mol. The van der Waals surface area contributed by atoms with E-state index in [-0.39, 0.29) is 23.7 Å². The maximum Gasteiger partial charge on any atom is 0.225 e. The number of aromatic nitrogens is 1. The zero-order chi connectivity index (χ0) is 18.2. The normalized spacial score (nSPS) is 18.5. The van der Waals surface area contributed by atoms with E-state index in [0.29, 0.717) is 25.6 Å². The third-order valence-corrected chi connectivity index (χ3v) is 4.70. The zero-order valence-corrected chi connectivity index (χ0v) is 15.5. The number of hydrogen-bond acceptors (Lipinski definition) is 4. The first-order chi connectivity index (χ1) is 12.0. The Balaban J connectivity index is 1.88. The lowest BCUT2D eigenvalue weighted by atomic mass is 9.95. The van der Waals surface area contributed by atoms with Crippen molar-refractivity contribution in [2.45, 2.75) is 46.6 Å². The van der Waals surface area contributed by atoms with Crippen molar-refractivity contribution >= 4 is 11.8 Å². The molecule has 0 bridgehead atoms. The molecule has 25 heavy (non-hydrogen) atoms. The third-order valence-electron chi connectivity index (χ3n) is 4.70. The third kappa shape index (κ3) is 5.44. The van der Waals surface area contributed by atoms with Crippen LogP contribution in [0.25, 0.3) is 0 Å². The van der Waals surface area contributed by atoms with E-state index in [1.54, 1.807) is 6.20 Å². The van der Waals surface area contributed by atoms with Crippen LogP contribution in [0.5, 0.6) is 5.88 Å². The Kier molecular flexibility index (Phi) is 7.22. The quantitative estimate of drug-likeness (QED) is 0.822. The highest BCUT2D eigenvalue weighted by Gasteiger charge is 2.29. The molecule has 0 saturated carbocycles. The molecule has 6 nitrogen and oxygen atoms in total. The average Bonchev–Trinajstić information content (AvgIpc) is 2.65. The number of carbonyl (C=O) groups excluding carboxylic acids is 2. The molecule has 2 unspecified atom stereocenters. The molecule has 1 saturated heterocycles. The van der Waals surface area contributed by atoms with E-state index < -0.39 is 0 Å². The molecule has 1 fully saturated rings. The van der Waals surface area contributed by atoms with Gasteiger partial charge in [0.1, 0.15) is 0 Å². The number of amides is 2. The van der Waals surface area contributed by atoms with Gasteiger partial charge in [0.25, 0.3) is 0 Å². The van der Waals surface area contributed by atoms with Gasteiger partial charge in [0.2, 0.25) is 17.7 Å². The molecule has 1 N–H and O–H groups in total. The number of nitrogens with zero attached hydrogens (tertiary/aromatic N) is 2. The SMILES string of the molecule is CCOc1cc(CNC(=O)C2CCCN(C(=O)C(C)CC)C2)ccn1. The van der Waals surface area contributed by atoms with Gasteiger partial charge in [-0.3, -0.25) is 9.59 Å². The van der Waals surface area contributed by atoms with Gasteiger partial charge >= 0.3 is 0 Å². The lowest BCUT2D eigenvalue weighted by molar-refractivity contribution is -0.139. The van der Waals surface area contributed by atoms with E-state index in [1.165, 1.54) is 0 Å². The van der Waals surface area contributed by atoms with Crippen molar-refractivity contribution in [3.8, 4) is 5.88 Å². The van der Waals surface area contributed by atoms with Crippen molar-refractivity contribution in [2.24, 2.45) is 11.8 Å². The van der Waals surface area contributed by atoms with Crippen molar-refractivity contribution in [1.82, 2.24) is 15.2 Å². The molecule has 0 aliphatic carbocycles. The fraction of sp³-hybridized carbons (Fsp3) is 0.632. The van der Waals surface area contributed by atoms with Crippen LogP contribution in [0.3, 0.4) is 0 Å². The number of likely N-dealkylation sites (tertiary alicyclic amines) is 1. The summed E-state index contributed by atoms with van der Waals surface area (Å²) in [6.45, 7) is 8.16. The molecule has 0 radical (unpaired) electrons. The topological polar surface area (TPSA) is 71.5 Å². The van der Waals surface area contributed by atoms with Crippen LogP contribution in [-0.4, -0.2) is 41.4 Å². The Hall–Kier alpha value is -2.11. The van der Waals surface area contributed by atoms with E-state index in [4.69, 9.17) is 4.74 Å².